The van der Waals surface area contributed by atoms with Crippen molar-refractivity contribution in [1.29, 1.82) is 0 Å². The molecule has 0 spiro atoms. The maximum atomic E-state index is 10.7. The monoisotopic (exact) mass is 1250 g/mol. The average molecular weight is 1250 g/mol. The summed E-state index contributed by atoms with van der Waals surface area (Å²) in [4.78, 5) is 26.8. The second kappa shape index (κ2) is 84.1. The fourth-order valence-electron chi connectivity index (χ4n) is 13.1. The standard InChI is InChI=1S/2C40H81NO2.Ca/c2*1-3-5-7-9-11-13-15-17-19-21-23-25-27-29-33-37-41(39-35-31-32-36-40(42)43)38-34-30-28-26-24-22-20-18-16-14-12-10-8-6-4-2;/h2*3-39H2,1-2H3,(H,42,43);/q;;+2/p-2. The van der Waals surface area contributed by atoms with Crippen molar-refractivity contribution in [3.63, 3.8) is 0 Å². The summed E-state index contributed by atoms with van der Waals surface area (Å²) in [7, 11) is 0. The average Bonchev–Trinajstić information content (AvgIpc) is 3.51. The zero-order valence-corrected chi connectivity index (χ0v) is 62.8. The molecule has 0 heterocycles. The molecule has 0 rings (SSSR count). The topological polar surface area (TPSA) is 86.7 Å². The summed E-state index contributed by atoms with van der Waals surface area (Å²) < 4.78 is 0. The molecule has 516 valence electrons. The van der Waals surface area contributed by atoms with E-state index < -0.39 is 11.9 Å². The molecular formula is C80H160CaN2O4. The van der Waals surface area contributed by atoms with Crippen LogP contribution in [-0.4, -0.2) is 98.7 Å². The van der Waals surface area contributed by atoms with Crippen molar-refractivity contribution in [3.05, 3.63) is 0 Å². The second-order valence-corrected chi connectivity index (χ2v) is 27.8. The first-order valence-corrected chi connectivity index (χ1v) is 40.2. The van der Waals surface area contributed by atoms with Crippen molar-refractivity contribution in [3.8, 4) is 0 Å². The number of rotatable bonds is 76. The first-order chi connectivity index (χ1) is 42.4. The molecule has 0 saturated carbocycles. The Balaban J connectivity index is -0.00000160. The van der Waals surface area contributed by atoms with Gasteiger partial charge in [0.1, 0.15) is 0 Å². The molecule has 0 fully saturated rings. The quantitative estimate of drug-likeness (QED) is 0.0445. The van der Waals surface area contributed by atoms with E-state index in [1.165, 1.54) is 411 Å². The first-order valence-electron chi connectivity index (χ1n) is 40.2. The summed E-state index contributed by atoms with van der Waals surface area (Å²) in [6.07, 6.45) is 91.5. The van der Waals surface area contributed by atoms with Gasteiger partial charge in [-0.05, 0) is 103 Å². The van der Waals surface area contributed by atoms with Gasteiger partial charge in [-0.3, -0.25) is 0 Å². The van der Waals surface area contributed by atoms with Gasteiger partial charge in [0.15, 0.2) is 0 Å². The van der Waals surface area contributed by atoms with E-state index >= 15 is 0 Å². The number of carbonyl (C=O) groups is 2. The van der Waals surface area contributed by atoms with E-state index in [-0.39, 0.29) is 50.6 Å². The van der Waals surface area contributed by atoms with Gasteiger partial charge >= 0.3 is 37.7 Å². The van der Waals surface area contributed by atoms with Crippen LogP contribution >= 0.6 is 0 Å². The number of unbranched alkanes of at least 4 members (excludes halogenated alkanes) is 60. The van der Waals surface area contributed by atoms with Crippen molar-refractivity contribution in [1.82, 2.24) is 9.80 Å². The van der Waals surface area contributed by atoms with E-state index in [9.17, 15) is 19.8 Å². The summed E-state index contributed by atoms with van der Waals surface area (Å²) in [6, 6.07) is 0. The van der Waals surface area contributed by atoms with Crippen LogP contribution in [0.3, 0.4) is 0 Å². The predicted octanol–water partition coefficient (Wildman–Crippen LogP) is 24.3. The largest absolute Gasteiger partial charge is 2.00 e. The Hall–Kier alpha value is 0.120. The third-order valence-corrected chi connectivity index (χ3v) is 19.0. The molecule has 0 amide bonds. The van der Waals surface area contributed by atoms with Crippen LogP contribution in [0.2, 0.25) is 0 Å². The molecule has 0 bridgehead atoms. The van der Waals surface area contributed by atoms with Gasteiger partial charge in [0.25, 0.3) is 0 Å². The molecule has 0 atom stereocenters. The van der Waals surface area contributed by atoms with Gasteiger partial charge in [0.05, 0.1) is 0 Å². The van der Waals surface area contributed by atoms with Gasteiger partial charge in [-0.15, -0.1) is 0 Å². The van der Waals surface area contributed by atoms with Gasteiger partial charge in [0.2, 0.25) is 0 Å². The fraction of sp³-hybridized carbons (Fsp3) is 0.975. The molecular weight excluding hydrogens is 1090 g/mol. The van der Waals surface area contributed by atoms with E-state index in [1.54, 1.807) is 0 Å². The molecule has 0 unspecified atom stereocenters. The van der Waals surface area contributed by atoms with Crippen molar-refractivity contribution in [2.24, 2.45) is 0 Å². The van der Waals surface area contributed by atoms with E-state index in [4.69, 9.17) is 0 Å². The number of carbonyl (C=O) groups excluding carboxylic acids is 2. The number of aliphatic carboxylic acids is 2. The Bertz CT molecular complexity index is 1080. The van der Waals surface area contributed by atoms with Gasteiger partial charge in [-0.25, -0.2) is 0 Å². The second-order valence-electron chi connectivity index (χ2n) is 27.8. The minimum absolute atomic E-state index is 0. The minimum Gasteiger partial charge on any atom is -0.550 e. The van der Waals surface area contributed by atoms with Crippen LogP contribution in [0.5, 0.6) is 0 Å². The van der Waals surface area contributed by atoms with E-state index in [2.05, 4.69) is 37.5 Å². The van der Waals surface area contributed by atoms with Crippen molar-refractivity contribution < 1.29 is 19.8 Å². The predicted molar refractivity (Wildman–Crippen MR) is 385 cm³/mol. The van der Waals surface area contributed by atoms with E-state index in [1.807, 2.05) is 0 Å². The molecule has 6 nitrogen and oxygen atoms in total. The summed E-state index contributed by atoms with van der Waals surface area (Å²) >= 11 is 0. The van der Waals surface area contributed by atoms with Gasteiger partial charge in [0, 0.05) is 11.9 Å². The van der Waals surface area contributed by atoms with Crippen LogP contribution in [0.25, 0.3) is 0 Å². The summed E-state index contributed by atoms with van der Waals surface area (Å²) in [6.45, 7) is 16.4. The number of hydrogen-bond donors (Lipinski definition) is 0. The van der Waals surface area contributed by atoms with Crippen LogP contribution < -0.4 is 10.2 Å². The summed E-state index contributed by atoms with van der Waals surface area (Å²) in [5, 5.41) is 21.4. The maximum Gasteiger partial charge on any atom is 2.00 e. The number of nitrogens with zero attached hydrogens (tertiary/aromatic N) is 2. The summed E-state index contributed by atoms with van der Waals surface area (Å²) in [5.41, 5.74) is 0. The number of carboxylic acid groups (broad SMARTS) is 2. The normalized spacial score (nSPS) is 11.5. The summed E-state index contributed by atoms with van der Waals surface area (Å²) in [5.74, 6) is -1.79. The third kappa shape index (κ3) is 86.1. The van der Waals surface area contributed by atoms with Crippen LogP contribution in [0.4, 0.5) is 0 Å². The Morgan fingerprint density at radius 3 is 0.402 bits per heavy atom. The SMILES string of the molecule is CCCCCCCCCCCCCCCCCN(CCCCCCCCCCCCCCCCC)CCCCCC(=O)[O-].CCCCCCCCCCCCCCCCCN(CCCCCCCCCCCCCCCCC)CCCCCC(=O)[O-].[Ca+2]. The molecule has 0 aliphatic heterocycles. The zero-order chi connectivity index (χ0) is 62.6. The van der Waals surface area contributed by atoms with Gasteiger partial charge < -0.3 is 29.6 Å². The fourth-order valence-corrected chi connectivity index (χ4v) is 13.1. The Kier molecular flexibility index (Phi) is 88.3. The van der Waals surface area contributed by atoms with Gasteiger partial charge in [-0.1, -0.05) is 400 Å². The molecule has 0 aromatic rings. The first kappa shape index (κ1) is 91.3. The molecule has 0 saturated heterocycles. The molecule has 0 aliphatic carbocycles. The number of hydrogen-bond acceptors (Lipinski definition) is 6. The van der Waals surface area contributed by atoms with Gasteiger partial charge in [-0.2, -0.15) is 0 Å². The smallest absolute Gasteiger partial charge is 0.550 e. The third-order valence-electron chi connectivity index (χ3n) is 19.0. The Morgan fingerprint density at radius 1 is 0.184 bits per heavy atom. The van der Waals surface area contributed by atoms with E-state index in [0.29, 0.717) is 0 Å². The zero-order valence-electron chi connectivity index (χ0n) is 60.6. The van der Waals surface area contributed by atoms with Crippen molar-refractivity contribution in [2.45, 2.75) is 464 Å². The van der Waals surface area contributed by atoms with Crippen LogP contribution in [0.15, 0.2) is 0 Å². The van der Waals surface area contributed by atoms with Crippen LogP contribution in [0, 0.1) is 0 Å². The molecule has 0 N–H and O–H groups in total. The molecule has 0 aromatic heterocycles. The Morgan fingerprint density at radius 2 is 0.287 bits per heavy atom. The molecule has 87 heavy (non-hydrogen) atoms. The van der Waals surface area contributed by atoms with Crippen LogP contribution in [-0.2, 0) is 9.59 Å². The van der Waals surface area contributed by atoms with Crippen LogP contribution in [0.1, 0.15) is 464 Å². The molecule has 0 radical (unpaired) electrons. The molecule has 7 heteroatoms. The van der Waals surface area contributed by atoms with E-state index in [0.717, 1.165) is 51.6 Å². The minimum atomic E-state index is -0.896. The maximum absolute atomic E-state index is 10.7. The van der Waals surface area contributed by atoms with Crippen molar-refractivity contribution in [2.75, 3.05) is 39.3 Å². The van der Waals surface area contributed by atoms with Crippen molar-refractivity contribution >= 4 is 49.7 Å². The Labute approximate surface area is 578 Å². The molecule has 0 aromatic carbocycles. The number of carboxylic acids is 2. The molecule has 0 aliphatic rings.